The van der Waals surface area contributed by atoms with Gasteiger partial charge in [0.05, 0.1) is 19.8 Å². The van der Waals surface area contributed by atoms with Crippen LogP contribution >= 0.6 is 0 Å². The fraction of sp³-hybridized carbons (Fsp3) is 0.500. The second kappa shape index (κ2) is 5.85. The average molecular weight is 275 g/mol. The summed E-state index contributed by atoms with van der Waals surface area (Å²) in [5, 5.41) is 4.55. The molecule has 4 heteroatoms. The van der Waals surface area contributed by atoms with E-state index in [2.05, 4.69) is 18.3 Å². The lowest BCUT2D eigenvalue weighted by molar-refractivity contribution is 0.0826. The predicted molar refractivity (Wildman–Crippen MR) is 78.0 cm³/mol. The predicted octanol–water partition coefficient (Wildman–Crippen LogP) is 3.10. The number of fused-ring (bicyclic) bond motifs is 1. The van der Waals surface area contributed by atoms with E-state index in [1.807, 2.05) is 18.2 Å². The van der Waals surface area contributed by atoms with Gasteiger partial charge in [-0.25, -0.2) is 0 Å². The molecule has 0 spiro atoms. The summed E-state index contributed by atoms with van der Waals surface area (Å²) in [5.41, 5.74) is 0.816. The molecule has 2 unspecified atom stereocenters. The van der Waals surface area contributed by atoms with Crippen molar-refractivity contribution in [3.8, 4) is 5.75 Å². The van der Waals surface area contributed by atoms with Crippen LogP contribution in [0.5, 0.6) is 5.75 Å². The van der Waals surface area contributed by atoms with Crippen LogP contribution in [0, 0.1) is 0 Å². The van der Waals surface area contributed by atoms with Crippen LogP contribution in [-0.2, 0) is 11.3 Å². The third-order valence-corrected chi connectivity index (χ3v) is 3.90. The van der Waals surface area contributed by atoms with Crippen LogP contribution in [0.4, 0.5) is 0 Å². The van der Waals surface area contributed by atoms with E-state index in [1.54, 1.807) is 7.11 Å². The number of benzene rings is 1. The van der Waals surface area contributed by atoms with Gasteiger partial charge in [0, 0.05) is 18.0 Å². The average Bonchev–Trinajstić information content (AvgIpc) is 3.12. The van der Waals surface area contributed by atoms with E-state index >= 15 is 0 Å². The molecule has 3 rings (SSSR count). The summed E-state index contributed by atoms with van der Waals surface area (Å²) in [6.45, 7) is 3.76. The minimum Gasteiger partial charge on any atom is -0.493 e. The maximum Gasteiger partial charge on any atom is 0.176 e. The fourth-order valence-electron chi connectivity index (χ4n) is 2.73. The van der Waals surface area contributed by atoms with Crippen LogP contribution in [0.3, 0.4) is 0 Å². The van der Waals surface area contributed by atoms with E-state index in [0.717, 1.165) is 35.5 Å². The Bertz CT molecular complexity index is 572. The first kappa shape index (κ1) is 13.5. The van der Waals surface area contributed by atoms with Gasteiger partial charge in [-0.2, -0.15) is 0 Å². The number of ether oxygens (including phenoxy) is 2. The molecule has 2 atom stereocenters. The molecule has 1 fully saturated rings. The Labute approximate surface area is 119 Å². The molecule has 0 saturated carbocycles. The monoisotopic (exact) mass is 275 g/mol. The zero-order chi connectivity index (χ0) is 13.9. The van der Waals surface area contributed by atoms with Crippen molar-refractivity contribution < 1.29 is 13.9 Å². The van der Waals surface area contributed by atoms with Gasteiger partial charge >= 0.3 is 0 Å². The first-order valence-corrected chi connectivity index (χ1v) is 7.18. The Morgan fingerprint density at radius 2 is 2.35 bits per heavy atom. The van der Waals surface area contributed by atoms with Crippen molar-refractivity contribution in [1.29, 1.82) is 0 Å². The first-order chi connectivity index (χ1) is 9.78. The third kappa shape index (κ3) is 2.67. The van der Waals surface area contributed by atoms with E-state index in [0.29, 0.717) is 18.7 Å². The van der Waals surface area contributed by atoms with Crippen LogP contribution < -0.4 is 10.1 Å². The SMILES string of the molecule is COc1cccc2cc(CNC(C)C3CCCO3)oc12. The second-order valence-corrected chi connectivity index (χ2v) is 5.31. The third-order valence-electron chi connectivity index (χ3n) is 3.90. The zero-order valence-electron chi connectivity index (χ0n) is 12.0. The standard InChI is InChI=1S/C16H21NO3/c1-11(14-7-4-8-19-14)17-10-13-9-12-5-3-6-15(18-2)16(12)20-13/h3,5-6,9,11,14,17H,4,7-8,10H2,1-2H3. The summed E-state index contributed by atoms with van der Waals surface area (Å²) >= 11 is 0. The number of furan rings is 1. The maximum absolute atomic E-state index is 5.87. The Kier molecular flexibility index (Phi) is 3.94. The van der Waals surface area contributed by atoms with E-state index in [1.165, 1.54) is 6.42 Å². The zero-order valence-corrected chi connectivity index (χ0v) is 12.0. The highest BCUT2D eigenvalue weighted by Crippen LogP contribution is 2.28. The van der Waals surface area contributed by atoms with Crippen molar-refractivity contribution >= 4 is 11.0 Å². The van der Waals surface area contributed by atoms with E-state index in [-0.39, 0.29) is 0 Å². The summed E-state index contributed by atoms with van der Waals surface area (Å²) in [6, 6.07) is 8.33. The second-order valence-electron chi connectivity index (χ2n) is 5.31. The van der Waals surface area contributed by atoms with Gasteiger partial charge < -0.3 is 19.2 Å². The maximum atomic E-state index is 5.87. The van der Waals surface area contributed by atoms with Crippen molar-refractivity contribution in [3.63, 3.8) is 0 Å². The van der Waals surface area contributed by atoms with Crippen LogP contribution in [0.15, 0.2) is 28.7 Å². The van der Waals surface area contributed by atoms with Crippen LogP contribution in [0.1, 0.15) is 25.5 Å². The molecule has 4 nitrogen and oxygen atoms in total. The minimum atomic E-state index is 0.328. The van der Waals surface area contributed by atoms with Gasteiger partial charge in [0.15, 0.2) is 11.3 Å². The highest BCUT2D eigenvalue weighted by molar-refractivity contribution is 5.83. The van der Waals surface area contributed by atoms with Gasteiger partial charge in [-0.15, -0.1) is 0 Å². The molecule has 1 aliphatic heterocycles. The van der Waals surface area contributed by atoms with Crippen molar-refractivity contribution in [3.05, 3.63) is 30.0 Å². The Balaban J connectivity index is 1.68. The molecule has 0 bridgehead atoms. The highest BCUT2D eigenvalue weighted by atomic mass is 16.5. The van der Waals surface area contributed by atoms with Gasteiger partial charge in [-0.1, -0.05) is 12.1 Å². The van der Waals surface area contributed by atoms with Gasteiger partial charge in [-0.3, -0.25) is 0 Å². The summed E-state index contributed by atoms with van der Waals surface area (Å²) in [6.07, 6.45) is 2.63. The summed E-state index contributed by atoms with van der Waals surface area (Å²) < 4.78 is 16.9. The summed E-state index contributed by atoms with van der Waals surface area (Å²) in [4.78, 5) is 0. The Hall–Kier alpha value is -1.52. The number of hydrogen-bond acceptors (Lipinski definition) is 4. The lowest BCUT2D eigenvalue weighted by atomic mass is 10.1. The topological polar surface area (TPSA) is 43.6 Å². The number of methoxy groups -OCH3 is 1. The number of hydrogen-bond donors (Lipinski definition) is 1. The molecule has 1 aliphatic rings. The molecule has 1 aromatic carbocycles. The van der Waals surface area contributed by atoms with Crippen LogP contribution in [-0.4, -0.2) is 25.9 Å². The molecule has 108 valence electrons. The fourth-order valence-corrected chi connectivity index (χ4v) is 2.73. The van der Waals surface area contributed by atoms with Gasteiger partial charge in [0.25, 0.3) is 0 Å². The molecule has 1 aromatic heterocycles. The first-order valence-electron chi connectivity index (χ1n) is 7.18. The van der Waals surface area contributed by atoms with Gasteiger partial charge in [0.2, 0.25) is 0 Å². The number of nitrogens with one attached hydrogen (secondary N) is 1. The van der Waals surface area contributed by atoms with Gasteiger partial charge in [0.1, 0.15) is 5.76 Å². The molecule has 2 heterocycles. The Morgan fingerprint density at radius 3 is 3.10 bits per heavy atom. The largest absolute Gasteiger partial charge is 0.493 e. The van der Waals surface area contributed by atoms with Crippen molar-refractivity contribution in [2.75, 3.05) is 13.7 Å². The van der Waals surface area contributed by atoms with E-state index in [4.69, 9.17) is 13.9 Å². The molecule has 0 amide bonds. The smallest absolute Gasteiger partial charge is 0.176 e. The number of rotatable bonds is 5. The quantitative estimate of drug-likeness (QED) is 0.910. The van der Waals surface area contributed by atoms with Crippen molar-refractivity contribution in [2.45, 2.75) is 38.5 Å². The molecule has 2 aromatic rings. The summed E-state index contributed by atoms with van der Waals surface area (Å²) in [7, 11) is 1.66. The molecule has 1 saturated heterocycles. The normalized spacial score (nSPS) is 20.4. The van der Waals surface area contributed by atoms with E-state index < -0.39 is 0 Å². The minimum absolute atomic E-state index is 0.328. The molecule has 1 N–H and O–H groups in total. The lowest BCUT2D eigenvalue weighted by Gasteiger charge is -2.19. The molecule has 20 heavy (non-hydrogen) atoms. The number of para-hydroxylation sites is 1. The van der Waals surface area contributed by atoms with Crippen LogP contribution in [0.2, 0.25) is 0 Å². The van der Waals surface area contributed by atoms with Crippen LogP contribution in [0.25, 0.3) is 11.0 Å². The molecular formula is C16H21NO3. The molecule has 0 radical (unpaired) electrons. The lowest BCUT2D eigenvalue weighted by Crippen LogP contribution is -2.36. The summed E-state index contributed by atoms with van der Waals surface area (Å²) in [5.74, 6) is 1.70. The van der Waals surface area contributed by atoms with Crippen molar-refractivity contribution in [2.24, 2.45) is 0 Å². The highest BCUT2D eigenvalue weighted by Gasteiger charge is 2.22. The van der Waals surface area contributed by atoms with Gasteiger partial charge in [-0.05, 0) is 31.9 Å². The van der Waals surface area contributed by atoms with E-state index in [9.17, 15) is 0 Å². The molecule has 0 aliphatic carbocycles. The van der Waals surface area contributed by atoms with Crippen molar-refractivity contribution in [1.82, 2.24) is 5.32 Å². The Morgan fingerprint density at radius 1 is 1.45 bits per heavy atom. The molecular weight excluding hydrogens is 254 g/mol.